The zero-order valence-electron chi connectivity index (χ0n) is 13.6. The number of hydrogen-bond donors (Lipinski definition) is 1. The summed E-state index contributed by atoms with van der Waals surface area (Å²) in [4.78, 5) is 14.1. The van der Waals surface area contributed by atoms with E-state index >= 15 is 0 Å². The number of methoxy groups -OCH3 is 3. The van der Waals surface area contributed by atoms with Crippen LogP contribution in [0.25, 0.3) is 0 Å². The monoisotopic (exact) mass is 308 g/mol. The van der Waals surface area contributed by atoms with Crippen molar-refractivity contribution in [3.63, 3.8) is 0 Å². The molecule has 6 nitrogen and oxygen atoms in total. The smallest absolute Gasteiger partial charge is 0.337 e. The Balaban J connectivity index is 2.50. The molecule has 2 N–H and O–H groups in total. The van der Waals surface area contributed by atoms with E-state index in [4.69, 9.17) is 19.9 Å². The summed E-state index contributed by atoms with van der Waals surface area (Å²) >= 11 is 0. The molecule has 2 unspecified atom stereocenters. The van der Waals surface area contributed by atoms with Crippen LogP contribution in [0.1, 0.15) is 28.4 Å². The first-order valence-corrected chi connectivity index (χ1v) is 7.30. The molecule has 1 saturated heterocycles. The molecule has 2 rings (SSSR count). The van der Waals surface area contributed by atoms with Gasteiger partial charge in [0.05, 0.1) is 26.9 Å². The second kappa shape index (κ2) is 6.98. The van der Waals surface area contributed by atoms with E-state index in [0.717, 1.165) is 18.5 Å². The van der Waals surface area contributed by atoms with Gasteiger partial charge in [-0.05, 0) is 38.1 Å². The van der Waals surface area contributed by atoms with Crippen molar-refractivity contribution in [1.29, 1.82) is 0 Å². The summed E-state index contributed by atoms with van der Waals surface area (Å²) in [5.41, 5.74) is 7.20. The van der Waals surface area contributed by atoms with Gasteiger partial charge in [0.25, 0.3) is 0 Å². The summed E-state index contributed by atoms with van der Waals surface area (Å²) in [5.74, 6) is 1.24. The summed E-state index contributed by atoms with van der Waals surface area (Å²) < 4.78 is 15.7. The molecule has 1 aliphatic rings. The quantitative estimate of drug-likeness (QED) is 0.830. The molecular weight excluding hydrogens is 284 g/mol. The molecular formula is C16H24N2O4. The van der Waals surface area contributed by atoms with Gasteiger partial charge in [-0.3, -0.25) is 4.90 Å². The molecule has 0 aliphatic carbocycles. The summed E-state index contributed by atoms with van der Waals surface area (Å²) in [6, 6.07) is 3.61. The maximum atomic E-state index is 11.9. The highest BCUT2D eigenvalue weighted by Crippen LogP contribution is 2.43. The van der Waals surface area contributed by atoms with Crippen LogP contribution < -0.4 is 15.2 Å². The molecule has 0 radical (unpaired) electrons. The number of carbonyl (C=O) groups is 1. The third-order valence-corrected chi connectivity index (χ3v) is 4.26. The summed E-state index contributed by atoms with van der Waals surface area (Å²) in [6.45, 7) is 1.58. The Bertz CT molecular complexity index is 547. The molecule has 0 aromatic heterocycles. The Morgan fingerprint density at radius 2 is 2.05 bits per heavy atom. The maximum absolute atomic E-state index is 11.9. The van der Waals surface area contributed by atoms with Crippen LogP contribution in [-0.2, 0) is 4.74 Å². The fraction of sp³-hybridized carbons (Fsp3) is 0.562. The average molecular weight is 308 g/mol. The van der Waals surface area contributed by atoms with Crippen LogP contribution in [-0.4, -0.2) is 52.3 Å². The summed E-state index contributed by atoms with van der Waals surface area (Å²) in [7, 11) is 6.58. The number of nitrogens with zero attached hydrogens (tertiary/aromatic N) is 1. The first kappa shape index (κ1) is 16.6. The summed E-state index contributed by atoms with van der Waals surface area (Å²) in [5, 5.41) is 0. The minimum Gasteiger partial charge on any atom is -0.493 e. The lowest BCUT2D eigenvalue weighted by atomic mass is 9.97. The van der Waals surface area contributed by atoms with Gasteiger partial charge < -0.3 is 19.9 Å². The molecule has 6 heteroatoms. The highest BCUT2D eigenvalue weighted by Gasteiger charge is 2.33. The topological polar surface area (TPSA) is 74.0 Å². The Morgan fingerprint density at radius 3 is 2.55 bits per heavy atom. The number of carbonyl (C=O) groups excluding carboxylic acids is 1. The maximum Gasteiger partial charge on any atom is 0.337 e. The van der Waals surface area contributed by atoms with E-state index in [1.807, 2.05) is 6.07 Å². The predicted molar refractivity (Wildman–Crippen MR) is 83.4 cm³/mol. The van der Waals surface area contributed by atoms with Crippen LogP contribution in [0.4, 0.5) is 0 Å². The van der Waals surface area contributed by atoms with E-state index in [9.17, 15) is 4.79 Å². The number of rotatable bonds is 5. The highest BCUT2D eigenvalue weighted by molar-refractivity contribution is 5.90. The largest absolute Gasteiger partial charge is 0.493 e. The second-order valence-corrected chi connectivity index (χ2v) is 5.59. The number of esters is 1. The first-order chi connectivity index (χ1) is 10.5. The van der Waals surface area contributed by atoms with Gasteiger partial charge in [0, 0.05) is 18.2 Å². The van der Waals surface area contributed by atoms with Crippen molar-refractivity contribution in [3.05, 3.63) is 23.3 Å². The van der Waals surface area contributed by atoms with Crippen molar-refractivity contribution in [2.24, 2.45) is 11.7 Å². The van der Waals surface area contributed by atoms with E-state index in [1.165, 1.54) is 7.11 Å². The van der Waals surface area contributed by atoms with Crippen LogP contribution in [0.5, 0.6) is 11.5 Å². The molecule has 1 aliphatic heterocycles. The number of ether oxygens (including phenoxy) is 3. The number of hydrogen-bond acceptors (Lipinski definition) is 6. The van der Waals surface area contributed by atoms with Gasteiger partial charge >= 0.3 is 5.97 Å². The normalized spacial score (nSPS) is 21.7. The van der Waals surface area contributed by atoms with Crippen molar-refractivity contribution in [1.82, 2.24) is 4.90 Å². The summed E-state index contributed by atoms with van der Waals surface area (Å²) in [6.07, 6.45) is 0.928. The molecule has 22 heavy (non-hydrogen) atoms. The molecule has 1 aromatic carbocycles. The number of benzene rings is 1. The number of likely N-dealkylation sites (tertiary alicyclic amines) is 1. The van der Waals surface area contributed by atoms with E-state index in [2.05, 4.69) is 11.9 Å². The minimum atomic E-state index is -0.391. The van der Waals surface area contributed by atoms with Crippen LogP contribution >= 0.6 is 0 Å². The third kappa shape index (κ3) is 3.03. The second-order valence-electron chi connectivity index (χ2n) is 5.59. The molecule has 1 aromatic rings. The molecule has 1 fully saturated rings. The Morgan fingerprint density at radius 1 is 1.32 bits per heavy atom. The van der Waals surface area contributed by atoms with Crippen LogP contribution in [0.3, 0.4) is 0 Å². The van der Waals surface area contributed by atoms with E-state index in [0.29, 0.717) is 29.5 Å². The van der Waals surface area contributed by atoms with Gasteiger partial charge in [0.15, 0.2) is 11.5 Å². The zero-order valence-corrected chi connectivity index (χ0v) is 13.6. The van der Waals surface area contributed by atoms with Crippen molar-refractivity contribution < 1.29 is 19.0 Å². The number of nitrogens with two attached hydrogens (primary N) is 1. The molecule has 0 saturated carbocycles. The van der Waals surface area contributed by atoms with E-state index in [-0.39, 0.29) is 6.04 Å². The fourth-order valence-electron chi connectivity index (χ4n) is 3.12. The predicted octanol–water partition coefficient (Wildman–Crippen LogP) is 1.44. The Kier molecular flexibility index (Phi) is 5.26. The van der Waals surface area contributed by atoms with Crippen molar-refractivity contribution in [3.8, 4) is 11.5 Å². The fourth-order valence-corrected chi connectivity index (χ4v) is 3.12. The molecule has 0 bridgehead atoms. The van der Waals surface area contributed by atoms with Crippen LogP contribution in [0.2, 0.25) is 0 Å². The van der Waals surface area contributed by atoms with Gasteiger partial charge in [-0.25, -0.2) is 4.79 Å². The van der Waals surface area contributed by atoms with E-state index in [1.54, 1.807) is 20.3 Å². The highest BCUT2D eigenvalue weighted by atomic mass is 16.5. The van der Waals surface area contributed by atoms with Gasteiger partial charge in [-0.1, -0.05) is 0 Å². The molecule has 2 atom stereocenters. The SMILES string of the molecule is COC(=O)c1cc(OC)c(OC)c(C2CC(CN)CN2C)c1. The minimum absolute atomic E-state index is 0.141. The zero-order chi connectivity index (χ0) is 16.3. The third-order valence-electron chi connectivity index (χ3n) is 4.26. The van der Waals surface area contributed by atoms with Crippen LogP contribution in [0, 0.1) is 5.92 Å². The first-order valence-electron chi connectivity index (χ1n) is 7.30. The van der Waals surface area contributed by atoms with Crippen LogP contribution in [0.15, 0.2) is 12.1 Å². The van der Waals surface area contributed by atoms with Gasteiger partial charge in [-0.2, -0.15) is 0 Å². The van der Waals surface area contributed by atoms with Crippen molar-refractivity contribution in [2.75, 3.05) is 41.5 Å². The Labute approximate surface area is 131 Å². The standard InChI is InChI=1S/C16H24N2O4/c1-18-9-10(8-17)5-13(18)12-6-11(16(19)22-4)7-14(20-2)15(12)21-3/h6-7,10,13H,5,8-9,17H2,1-4H3. The molecule has 122 valence electrons. The van der Waals surface area contributed by atoms with Gasteiger partial charge in [0.1, 0.15) is 0 Å². The van der Waals surface area contributed by atoms with E-state index < -0.39 is 5.97 Å². The van der Waals surface area contributed by atoms with Crippen molar-refractivity contribution in [2.45, 2.75) is 12.5 Å². The average Bonchev–Trinajstić information content (AvgIpc) is 2.93. The van der Waals surface area contributed by atoms with Gasteiger partial charge in [-0.15, -0.1) is 0 Å². The van der Waals surface area contributed by atoms with Crippen molar-refractivity contribution >= 4 is 5.97 Å². The lowest BCUT2D eigenvalue weighted by molar-refractivity contribution is 0.0600. The lowest BCUT2D eigenvalue weighted by Gasteiger charge is -2.23. The van der Waals surface area contributed by atoms with Gasteiger partial charge in [0.2, 0.25) is 0 Å². The molecule has 0 amide bonds. The Hall–Kier alpha value is -1.79. The molecule has 1 heterocycles. The molecule has 0 spiro atoms. The lowest BCUT2D eigenvalue weighted by Crippen LogP contribution is -2.21.